The molecule has 0 radical (unpaired) electrons. The molecule has 1 rings (SSSR count). The van der Waals surface area contributed by atoms with Crippen LogP contribution in [0.1, 0.15) is 30.6 Å². The fourth-order valence-corrected chi connectivity index (χ4v) is 2.09. The van der Waals surface area contributed by atoms with E-state index >= 15 is 0 Å². The molecule has 2 N–H and O–H groups in total. The van der Waals surface area contributed by atoms with Crippen LogP contribution in [0.15, 0.2) is 24.3 Å². The molecule has 1 unspecified atom stereocenters. The topological polar surface area (TPSA) is 58.8 Å². The van der Waals surface area contributed by atoms with E-state index in [9.17, 15) is 4.79 Å². The Hall–Kier alpha value is -1.59. The maximum atomic E-state index is 12.6. The first-order valence-electron chi connectivity index (χ1n) is 8.20. The highest BCUT2D eigenvalue weighted by Crippen LogP contribution is 2.20. The predicted molar refractivity (Wildman–Crippen MR) is 94.9 cm³/mol. The van der Waals surface area contributed by atoms with Gasteiger partial charge in [0.25, 0.3) is 5.91 Å². The molecule has 0 aromatic heterocycles. The first-order valence-corrected chi connectivity index (χ1v) is 8.20. The summed E-state index contributed by atoms with van der Waals surface area (Å²) in [5.74, 6) is 1.03. The van der Waals surface area contributed by atoms with Crippen LogP contribution in [0.25, 0.3) is 0 Å². The smallest absolute Gasteiger partial charge is 0.257 e. The molecule has 0 spiro atoms. The first kappa shape index (κ1) is 19.5. The van der Waals surface area contributed by atoms with Crippen molar-refractivity contribution in [3.63, 3.8) is 0 Å². The van der Waals surface area contributed by atoms with E-state index in [1.807, 2.05) is 50.3 Å². The van der Waals surface area contributed by atoms with E-state index in [0.717, 1.165) is 13.0 Å². The third kappa shape index (κ3) is 6.59. The molecule has 0 aliphatic rings. The molecular weight excluding hydrogens is 290 g/mol. The number of para-hydroxylation sites is 1. The highest BCUT2D eigenvalue weighted by molar-refractivity contribution is 5.96. The number of benzene rings is 1. The zero-order valence-electron chi connectivity index (χ0n) is 15.1. The van der Waals surface area contributed by atoms with Crippen molar-refractivity contribution in [2.45, 2.75) is 26.3 Å². The van der Waals surface area contributed by atoms with E-state index in [-0.39, 0.29) is 11.9 Å². The summed E-state index contributed by atoms with van der Waals surface area (Å²) < 4.78 is 5.77. The molecule has 1 atom stereocenters. The molecule has 0 heterocycles. The van der Waals surface area contributed by atoms with Crippen LogP contribution in [-0.4, -0.2) is 62.6 Å². The highest BCUT2D eigenvalue weighted by atomic mass is 16.5. The summed E-state index contributed by atoms with van der Waals surface area (Å²) in [4.78, 5) is 16.4. The Kier molecular flexibility index (Phi) is 8.06. The van der Waals surface area contributed by atoms with Crippen molar-refractivity contribution in [3.8, 4) is 5.75 Å². The lowest BCUT2D eigenvalue weighted by atomic mass is 10.0. The van der Waals surface area contributed by atoms with Crippen molar-refractivity contribution in [2.24, 2.45) is 11.7 Å². The minimum Gasteiger partial charge on any atom is -0.491 e. The van der Waals surface area contributed by atoms with Gasteiger partial charge < -0.3 is 20.3 Å². The second-order valence-electron chi connectivity index (χ2n) is 6.57. The second kappa shape index (κ2) is 9.53. The fourth-order valence-electron chi connectivity index (χ4n) is 2.09. The van der Waals surface area contributed by atoms with Crippen molar-refractivity contribution >= 4 is 5.91 Å². The summed E-state index contributed by atoms with van der Waals surface area (Å²) >= 11 is 0. The van der Waals surface area contributed by atoms with E-state index in [0.29, 0.717) is 30.4 Å². The average molecular weight is 321 g/mol. The Morgan fingerprint density at radius 1 is 1.17 bits per heavy atom. The van der Waals surface area contributed by atoms with E-state index in [4.69, 9.17) is 10.5 Å². The number of rotatable bonds is 9. The number of likely N-dealkylation sites (N-methyl/N-ethyl adjacent to an activating group) is 1. The second-order valence-corrected chi connectivity index (χ2v) is 6.57. The average Bonchev–Trinajstić information content (AvgIpc) is 2.51. The van der Waals surface area contributed by atoms with Crippen LogP contribution in [0.2, 0.25) is 0 Å². The van der Waals surface area contributed by atoms with Gasteiger partial charge in [-0.25, -0.2) is 0 Å². The Balaban J connectivity index is 2.67. The van der Waals surface area contributed by atoms with Crippen LogP contribution in [-0.2, 0) is 0 Å². The van der Waals surface area contributed by atoms with Crippen molar-refractivity contribution in [1.29, 1.82) is 0 Å². The lowest BCUT2D eigenvalue weighted by molar-refractivity contribution is 0.0784. The van der Waals surface area contributed by atoms with Gasteiger partial charge in [-0.15, -0.1) is 0 Å². The first-order chi connectivity index (χ1) is 10.8. The number of amides is 1. The maximum absolute atomic E-state index is 12.6. The van der Waals surface area contributed by atoms with Crippen molar-refractivity contribution in [3.05, 3.63) is 29.8 Å². The maximum Gasteiger partial charge on any atom is 0.257 e. The lowest BCUT2D eigenvalue weighted by Gasteiger charge is -2.22. The Labute approximate surface area is 140 Å². The standard InChI is InChI=1S/C18H31N3O2/c1-14(2)16(19)10-11-21(5)18(22)15-8-6-7-9-17(15)23-13-12-20(3)4/h6-9,14,16H,10-13,19H2,1-5H3. The zero-order valence-corrected chi connectivity index (χ0v) is 15.1. The third-order valence-corrected chi connectivity index (χ3v) is 3.91. The zero-order chi connectivity index (χ0) is 17.4. The normalized spacial score (nSPS) is 12.5. The number of carbonyl (C=O) groups is 1. The summed E-state index contributed by atoms with van der Waals surface area (Å²) in [5.41, 5.74) is 6.66. The van der Waals surface area contributed by atoms with Crippen molar-refractivity contribution < 1.29 is 9.53 Å². The Morgan fingerprint density at radius 3 is 2.43 bits per heavy atom. The molecule has 0 saturated carbocycles. The lowest BCUT2D eigenvalue weighted by Crippen LogP contribution is -2.34. The molecule has 1 amide bonds. The number of nitrogens with zero attached hydrogens (tertiary/aromatic N) is 2. The van der Waals surface area contributed by atoms with Crippen molar-refractivity contribution in [1.82, 2.24) is 9.80 Å². The molecule has 0 aliphatic heterocycles. The van der Waals surface area contributed by atoms with Gasteiger partial charge in [0.15, 0.2) is 0 Å². The number of ether oxygens (including phenoxy) is 1. The SMILES string of the molecule is CC(C)C(N)CCN(C)C(=O)c1ccccc1OCCN(C)C. The molecule has 1 aromatic carbocycles. The van der Waals surface area contributed by atoms with Crippen LogP contribution in [0.5, 0.6) is 5.75 Å². The summed E-state index contributed by atoms with van der Waals surface area (Å²) in [6, 6.07) is 7.51. The molecule has 0 saturated heterocycles. The van der Waals surface area contributed by atoms with Gasteiger partial charge in [0.05, 0.1) is 5.56 Å². The van der Waals surface area contributed by atoms with Gasteiger partial charge in [-0.2, -0.15) is 0 Å². The van der Waals surface area contributed by atoms with E-state index < -0.39 is 0 Å². The summed E-state index contributed by atoms with van der Waals surface area (Å²) in [5, 5.41) is 0. The van der Waals surface area contributed by atoms with Gasteiger partial charge >= 0.3 is 0 Å². The van der Waals surface area contributed by atoms with Gasteiger partial charge in [0.2, 0.25) is 0 Å². The van der Waals surface area contributed by atoms with Crippen molar-refractivity contribution in [2.75, 3.05) is 40.8 Å². The van der Waals surface area contributed by atoms with Gasteiger partial charge in [-0.1, -0.05) is 26.0 Å². The molecule has 0 fully saturated rings. The van der Waals surface area contributed by atoms with Gasteiger partial charge in [0, 0.05) is 26.2 Å². The molecule has 23 heavy (non-hydrogen) atoms. The molecule has 5 nitrogen and oxygen atoms in total. The molecule has 1 aromatic rings. The van der Waals surface area contributed by atoms with Gasteiger partial charge in [-0.05, 0) is 38.6 Å². The molecule has 5 heteroatoms. The predicted octanol–water partition coefficient (Wildman–Crippen LogP) is 2.07. The monoisotopic (exact) mass is 321 g/mol. The third-order valence-electron chi connectivity index (χ3n) is 3.91. The highest BCUT2D eigenvalue weighted by Gasteiger charge is 2.18. The molecule has 0 aliphatic carbocycles. The fraction of sp³-hybridized carbons (Fsp3) is 0.611. The van der Waals surface area contributed by atoms with E-state index in [1.54, 1.807) is 4.90 Å². The van der Waals surface area contributed by atoms with Crippen LogP contribution >= 0.6 is 0 Å². The van der Waals surface area contributed by atoms with Gasteiger partial charge in [-0.3, -0.25) is 4.79 Å². The summed E-state index contributed by atoms with van der Waals surface area (Å²) in [6.07, 6.45) is 0.795. The number of nitrogens with two attached hydrogens (primary N) is 1. The minimum atomic E-state index is -0.0265. The molecule has 130 valence electrons. The van der Waals surface area contributed by atoms with E-state index in [1.165, 1.54) is 0 Å². The molecule has 0 bridgehead atoms. The number of hydrogen-bond acceptors (Lipinski definition) is 4. The number of carbonyl (C=O) groups excluding carboxylic acids is 1. The van der Waals surface area contributed by atoms with Crippen LogP contribution in [0.4, 0.5) is 0 Å². The van der Waals surface area contributed by atoms with Crippen LogP contribution < -0.4 is 10.5 Å². The van der Waals surface area contributed by atoms with E-state index in [2.05, 4.69) is 13.8 Å². The summed E-state index contributed by atoms with van der Waals surface area (Å²) in [7, 11) is 5.80. The van der Waals surface area contributed by atoms with Gasteiger partial charge in [0.1, 0.15) is 12.4 Å². The number of hydrogen-bond donors (Lipinski definition) is 1. The minimum absolute atomic E-state index is 0.0265. The Bertz CT molecular complexity index is 489. The molecular formula is C18H31N3O2. The van der Waals surface area contributed by atoms with Crippen LogP contribution in [0.3, 0.4) is 0 Å². The Morgan fingerprint density at radius 2 is 1.83 bits per heavy atom. The quantitative estimate of drug-likeness (QED) is 0.756. The largest absolute Gasteiger partial charge is 0.491 e. The van der Waals surface area contributed by atoms with Crippen LogP contribution in [0, 0.1) is 5.92 Å². The summed E-state index contributed by atoms with van der Waals surface area (Å²) in [6.45, 7) is 6.20.